The Morgan fingerprint density at radius 1 is 0.767 bits per heavy atom. The third-order valence-corrected chi connectivity index (χ3v) is 5.36. The highest BCUT2D eigenvalue weighted by Gasteiger charge is 2.20. The lowest BCUT2D eigenvalue weighted by molar-refractivity contribution is 0.0225. The van der Waals surface area contributed by atoms with E-state index in [4.69, 9.17) is 23.3 Å². The van der Waals surface area contributed by atoms with Gasteiger partial charge in [-0.3, -0.25) is 9.05 Å². The first kappa shape index (κ1) is 24.8. The fourth-order valence-corrected chi connectivity index (χ4v) is 3.55. The van der Waals surface area contributed by atoms with Gasteiger partial charge in [0.15, 0.2) is 0 Å². The molecule has 0 aliphatic heterocycles. The van der Waals surface area contributed by atoms with Gasteiger partial charge in [-0.1, -0.05) is 62.6 Å². The van der Waals surface area contributed by atoms with Crippen LogP contribution in [-0.2, 0) is 23.1 Å². The number of unbranched alkanes of at least 4 members (excludes halogenated alkanes) is 3. The SMILES string of the molecule is CCCCCCOP(=O)(O)OCCOCCOCCOc1cccc2ccccc12. The molecular weight excluding hydrogens is 407 g/mol. The van der Waals surface area contributed by atoms with Gasteiger partial charge in [0.05, 0.1) is 39.6 Å². The van der Waals surface area contributed by atoms with Crippen LogP contribution in [0.3, 0.4) is 0 Å². The molecule has 0 aliphatic carbocycles. The van der Waals surface area contributed by atoms with Crippen LogP contribution < -0.4 is 4.74 Å². The van der Waals surface area contributed by atoms with Gasteiger partial charge in [0, 0.05) is 5.39 Å². The van der Waals surface area contributed by atoms with E-state index >= 15 is 0 Å². The van der Waals surface area contributed by atoms with Crippen molar-refractivity contribution in [2.45, 2.75) is 32.6 Å². The van der Waals surface area contributed by atoms with Crippen molar-refractivity contribution in [2.24, 2.45) is 0 Å². The van der Waals surface area contributed by atoms with Crippen molar-refractivity contribution in [1.82, 2.24) is 0 Å². The van der Waals surface area contributed by atoms with Crippen LogP contribution in [0, 0.1) is 0 Å². The molecule has 0 bridgehead atoms. The summed E-state index contributed by atoms with van der Waals surface area (Å²) in [6.07, 6.45) is 3.92. The molecule has 8 heteroatoms. The van der Waals surface area contributed by atoms with E-state index in [1.165, 1.54) is 0 Å². The smallest absolute Gasteiger partial charge is 0.472 e. The molecule has 2 aromatic rings. The zero-order valence-corrected chi connectivity index (χ0v) is 18.6. The normalized spacial score (nSPS) is 13.4. The number of benzene rings is 2. The monoisotopic (exact) mass is 440 g/mol. The lowest BCUT2D eigenvalue weighted by Gasteiger charge is -2.12. The second-order valence-corrected chi connectivity index (χ2v) is 8.20. The number of fused-ring (bicyclic) bond motifs is 1. The van der Waals surface area contributed by atoms with Crippen LogP contribution in [0.2, 0.25) is 0 Å². The molecule has 7 nitrogen and oxygen atoms in total. The summed E-state index contributed by atoms with van der Waals surface area (Å²) in [6.45, 7) is 4.18. The van der Waals surface area contributed by atoms with Gasteiger partial charge < -0.3 is 19.1 Å². The Morgan fingerprint density at radius 2 is 1.43 bits per heavy atom. The fraction of sp³-hybridized carbons (Fsp3) is 0.545. The van der Waals surface area contributed by atoms with Gasteiger partial charge in [-0.05, 0) is 17.9 Å². The zero-order valence-electron chi connectivity index (χ0n) is 17.7. The maximum atomic E-state index is 11.7. The van der Waals surface area contributed by atoms with E-state index in [2.05, 4.69) is 19.1 Å². The predicted octanol–water partition coefficient (Wildman–Crippen LogP) is 4.97. The summed E-state index contributed by atoms with van der Waals surface area (Å²) in [5.41, 5.74) is 0. The van der Waals surface area contributed by atoms with Crippen LogP contribution in [0.5, 0.6) is 5.75 Å². The number of hydrogen-bond acceptors (Lipinski definition) is 6. The van der Waals surface area contributed by atoms with Crippen molar-refractivity contribution >= 4 is 18.6 Å². The van der Waals surface area contributed by atoms with E-state index in [9.17, 15) is 9.46 Å². The average molecular weight is 440 g/mol. The topological polar surface area (TPSA) is 83.5 Å². The minimum atomic E-state index is -3.99. The van der Waals surface area contributed by atoms with Crippen LogP contribution in [0.4, 0.5) is 0 Å². The van der Waals surface area contributed by atoms with Crippen molar-refractivity contribution in [3.8, 4) is 5.75 Å². The maximum Gasteiger partial charge on any atom is 0.472 e. The Hall–Kier alpha value is -1.47. The van der Waals surface area contributed by atoms with Crippen molar-refractivity contribution in [2.75, 3.05) is 46.2 Å². The highest BCUT2D eigenvalue weighted by Crippen LogP contribution is 2.43. The first-order valence-corrected chi connectivity index (χ1v) is 12.0. The summed E-state index contributed by atoms with van der Waals surface area (Å²) < 4.78 is 38.1. The van der Waals surface area contributed by atoms with Crippen LogP contribution in [0.15, 0.2) is 42.5 Å². The van der Waals surface area contributed by atoms with E-state index in [0.717, 1.165) is 42.2 Å². The molecule has 0 aliphatic rings. The Morgan fingerprint density at radius 3 is 2.23 bits per heavy atom. The van der Waals surface area contributed by atoms with Crippen molar-refractivity contribution < 1.29 is 32.7 Å². The van der Waals surface area contributed by atoms with Crippen molar-refractivity contribution in [3.63, 3.8) is 0 Å². The molecule has 2 aromatic carbocycles. The molecule has 168 valence electrons. The number of phosphoric acid groups is 1. The van der Waals surface area contributed by atoms with Gasteiger partial charge in [-0.25, -0.2) is 4.57 Å². The molecule has 0 amide bonds. The molecule has 1 atom stereocenters. The standard InChI is InChI=1S/C22H33O7P/c1-2-3-4-7-13-28-30(23,24)29-19-17-26-15-14-25-16-18-27-22-12-8-10-20-9-5-6-11-21(20)22/h5-6,8-12H,2-4,7,13-19H2,1H3,(H,23,24). The molecule has 0 radical (unpaired) electrons. The highest BCUT2D eigenvalue weighted by molar-refractivity contribution is 7.47. The summed E-state index contributed by atoms with van der Waals surface area (Å²) in [6, 6.07) is 14.0. The second kappa shape index (κ2) is 14.5. The van der Waals surface area contributed by atoms with E-state index < -0.39 is 7.82 Å². The third-order valence-electron chi connectivity index (χ3n) is 4.34. The largest absolute Gasteiger partial charge is 0.491 e. The summed E-state index contributed by atoms with van der Waals surface area (Å²) >= 11 is 0. The molecule has 2 rings (SSSR count). The van der Waals surface area contributed by atoms with Gasteiger partial charge in [0.1, 0.15) is 12.4 Å². The molecule has 30 heavy (non-hydrogen) atoms. The Balaban J connectivity index is 1.45. The van der Waals surface area contributed by atoms with E-state index in [0.29, 0.717) is 26.4 Å². The van der Waals surface area contributed by atoms with Gasteiger partial charge in [-0.15, -0.1) is 0 Å². The molecule has 1 N–H and O–H groups in total. The maximum absolute atomic E-state index is 11.7. The highest BCUT2D eigenvalue weighted by atomic mass is 31.2. The molecular formula is C22H33O7P. The minimum Gasteiger partial charge on any atom is -0.491 e. The van der Waals surface area contributed by atoms with Gasteiger partial charge in [0.2, 0.25) is 0 Å². The second-order valence-electron chi connectivity index (χ2n) is 6.75. The number of phosphoric ester groups is 1. The lowest BCUT2D eigenvalue weighted by atomic mass is 10.1. The summed E-state index contributed by atoms with van der Waals surface area (Å²) in [5, 5.41) is 2.22. The van der Waals surface area contributed by atoms with Crippen molar-refractivity contribution in [1.29, 1.82) is 0 Å². The van der Waals surface area contributed by atoms with Crippen LogP contribution in [-0.4, -0.2) is 51.1 Å². The first-order valence-electron chi connectivity index (χ1n) is 10.5. The molecule has 0 aromatic heterocycles. The minimum absolute atomic E-state index is 0.00701. The van der Waals surface area contributed by atoms with Crippen molar-refractivity contribution in [3.05, 3.63) is 42.5 Å². The molecule has 0 saturated carbocycles. The fourth-order valence-electron chi connectivity index (χ4n) is 2.81. The van der Waals surface area contributed by atoms with Crippen LogP contribution >= 0.6 is 7.82 Å². The molecule has 0 saturated heterocycles. The number of rotatable bonds is 17. The Bertz CT molecular complexity index is 763. The zero-order chi connectivity index (χ0) is 21.5. The summed E-state index contributed by atoms with van der Waals surface area (Å²) in [4.78, 5) is 9.55. The van der Waals surface area contributed by atoms with Gasteiger partial charge in [-0.2, -0.15) is 0 Å². The van der Waals surface area contributed by atoms with Crippen LogP contribution in [0.25, 0.3) is 10.8 Å². The summed E-state index contributed by atoms with van der Waals surface area (Å²) in [7, 11) is -3.99. The van der Waals surface area contributed by atoms with Crippen LogP contribution in [0.1, 0.15) is 32.6 Å². The summed E-state index contributed by atoms with van der Waals surface area (Å²) in [5.74, 6) is 0.839. The third kappa shape index (κ3) is 10.0. The molecule has 1 unspecified atom stereocenters. The van der Waals surface area contributed by atoms with E-state index in [1.807, 2.05) is 30.3 Å². The van der Waals surface area contributed by atoms with Gasteiger partial charge >= 0.3 is 7.82 Å². The number of hydrogen-bond donors (Lipinski definition) is 1. The predicted molar refractivity (Wildman–Crippen MR) is 117 cm³/mol. The molecule has 0 spiro atoms. The Kier molecular flexibility index (Phi) is 12.0. The average Bonchev–Trinajstić information content (AvgIpc) is 2.75. The lowest BCUT2D eigenvalue weighted by Crippen LogP contribution is -2.12. The molecule has 0 heterocycles. The molecule has 0 fully saturated rings. The van der Waals surface area contributed by atoms with E-state index in [-0.39, 0.29) is 19.8 Å². The quantitative estimate of drug-likeness (QED) is 0.275. The van der Waals surface area contributed by atoms with E-state index in [1.54, 1.807) is 0 Å². The van der Waals surface area contributed by atoms with Gasteiger partial charge in [0.25, 0.3) is 0 Å². The Labute approximate surface area is 178 Å². The number of ether oxygens (including phenoxy) is 3. The first-order chi connectivity index (χ1) is 14.6.